The second-order valence-corrected chi connectivity index (χ2v) is 7.49. The maximum absolute atomic E-state index is 13.4. The van der Waals surface area contributed by atoms with Gasteiger partial charge in [-0.3, -0.25) is 14.2 Å². The van der Waals surface area contributed by atoms with Crippen molar-refractivity contribution in [2.24, 2.45) is 5.73 Å². The molecule has 7 N–H and O–H groups in total. The predicted octanol–water partition coefficient (Wildman–Crippen LogP) is 2.36. The van der Waals surface area contributed by atoms with Gasteiger partial charge in [0.05, 0.1) is 28.2 Å². The zero-order valence-corrected chi connectivity index (χ0v) is 17.9. The normalized spacial score (nSPS) is 10.9. The Labute approximate surface area is 191 Å². The molecule has 2 heterocycles. The van der Waals surface area contributed by atoms with Crippen molar-refractivity contribution in [3.05, 3.63) is 74.3 Å². The number of rotatable bonds is 5. The molecule has 1 amide bonds. The second-order valence-electron chi connectivity index (χ2n) is 6.70. The summed E-state index contributed by atoms with van der Waals surface area (Å²) in [7, 11) is 0. The van der Waals surface area contributed by atoms with Crippen molar-refractivity contribution in [3.63, 3.8) is 0 Å². The van der Waals surface area contributed by atoms with Crippen LogP contribution in [-0.2, 0) is 6.54 Å². The zero-order valence-electron chi connectivity index (χ0n) is 16.3. The van der Waals surface area contributed by atoms with Crippen LogP contribution in [0.15, 0.2) is 47.3 Å². The first-order chi connectivity index (χ1) is 15.3. The molecule has 4 rings (SSSR count). The predicted molar refractivity (Wildman–Crippen MR) is 124 cm³/mol. The first-order valence-electron chi connectivity index (χ1n) is 9.19. The van der Waals surface area contributed by atoms with Crippen LogP contribution in [0.3, 0.4) is 0 Å². The van der Waals surface area contributed by atoms with E-state index < -0.39 is 11.5 Å². The molecule has 2 aromatic heterocycles. The summed E-state index contributed by atoms with van der Waals surface area (Å²) >= 11 is 12.4. The van der Waals surface area contributed by atoms with E-state index in [1.807, 2.05) is 0 Å². The summed E-state index contributed by atoms with van der Waals surface area (Å²) in [5.74, 6) is -0.233. The number of amides is 1. The Morgan fingerprint density at radius 3 is 2.56 bits per heavy atom. The van der Waals surface area contributed by atoms with Crippen molar-refractivity contribution >= 4 is 57.6 Å². The van der Waals surface area contributed by atoms with Crippen LogP contribution in [0, 0.1) is 0 Å². The smallest absolute Gasteiger partial charge is 0.267 e. The van der Waals surface area contributed by atoms with E-state index in [0.29, 0.717) is 17.0 Å². The minimum absolute atomic E-state index is 0.00599. The number of fused-ring (bicyclic) bond motifs is 1. The topological polar surface area (TPSA) is 168 Å². The van der Waals surface area contributed by atoms with E-state index in [-0.39, 0.29) is 45.1 Å². The highest BCUT2D eigenvalue weighted by Crippen LogP contribution is 2.26. The molecule has 2 aromatic carbocycles. The highest BCUT2D eigenvalue weighted by molar-refractivity contribution is 6.35. The number of benzene rings is 2. The van der Waals surface area contributed by atoms with E-state index in [4.69, 9.17) is 40.4 Å². The number of carbonyl (C=O) groups is 1. The Balaban J connectivity index is 1.90. The third-order valence-corrected chi connectivity index (χ3v) is 5.30. The fourth-order valence-electron chi connectivity index (χ4n) is 3.18. The van der Waals surface area contributed by atoms with Crippen LogP contribution in [0.1, 0.15) is 16.2 Å². The molecule has 0 radical (unpaired) electrons. The van der Waals surface area contributed by atoms with E-state index in [1.54, 1.807) is 36.4 Å². The summed E-state index contributed by atoms with van der Waals surface area (Å²) in [6.07, 6.45) is 0. The van der Waals surface area contributed by atoms with Crippen LogP contribution in [0.2, 0.25) is 10.0 Å². The molecular formula is C20H16Cl2N8O2. The van der Waals surface area contributed by atoms with E-state index >= 15 is 0 Å². The lowest BCUT2D eigenvalue weighted by atomic mass is 10.1. The molecule has 0 aliphatic carbocycles. The zero-order chi connectivity index (χ0) is 23.0. The van der Waals surface area contributed by atoms with Crippen molar-refractivity contribution in [2.45, 2.75) is 6.54 Å². The molecule has 4 aromatic rings. The molecule has 0 atom stereocenters. The van der Waals surface area contributed by atoms with E-state index in [2.05, 4.69) is 20.3 Å². The quantitative estimate of drug-likeness (QED) is 0.344. The summed E-state index contributed by atoms with van der Waals surface area (Å²) < 4.78 is 1.33. The Hall–Kier alpha value is -3.89. The monoisotopic (exact) mass is 470 g/mol. The molecule has 162 valence electrons. The number of hydrogen-bond acceptors (Lipinski definition) is 8. The first-order valence-corrected chi connectivity index (χ1v) is 9.94. The minimum atomic E-state index is -0.634. The number of aromatic nitrogens is 4. The lowest BCUT2D eigenvalue weighted by molar-refractivity contribution is 0.1000. The number of anilines is 3. The maximum Gasteiger partial charge on any atom is 0.267 e. The van der Waals surface area contributed by atoms with Gasteiger partial charge in [-0.15, -0.1) is 0 Å². The van der Waals surface area contributed by atoms with Gasteiger partial charge in [0.25, 0.3) is 5.56 Å². The van der Waals surface area contributed by atoms with Crippen molar-refractivity contribution in [2.75, 3.05) is 16.8 Å². The largest absolute Gasteiger partial charge is 0.382 e. The van der Waals surface area contributed by atoms with Crippen LogP contribution >= 0.6 is 23.2 Å². The molecule has 10 nitrogen and oxygen atoms in total. The molecule has 0 saturated carbocycles. The lowest BCUT2D eigenvalue weighted by Crippen LogP contribution is -2.26. The standard InChI is InChI=1S/C20H16Cl2N8O2/c21-11-5-2-6-12-14(11)19(32)30(10-4-1-3-9(7-10)17(24)31)13(27-12)8-26-18-15(22)16(23)28-20(25)29-18/h1-7H,8H2,(H2,24,31)(H5,23,25,26,28,29). The summed E-state index contributed by atoms with van der Waals surface area (Å²) in [4.78, 5) is 37.5. The third kappa shape index (κ3) is 3.88. The SMILES string of the molecule is NC(=O)c1cccc(-n2c(CNc3nc(N)nc(N)c3Cl)nc3cccc(Cl)c3c2=O)c1. The molecule has 0 saturated heterocycles. The molecule has 12 heteroatoms. The number of nitrogen functional groups attached to an aromatic ring is 2. The second kappa shape index (κ2) is 8.33. The maximum atomic E-state index is 13.4. The van der Waals surface area contributed by atoms with Crippen molar-refractivity contribution < 1.29 is 4.79 Å². The van der Waals surface area contributed by atoms with Crippen LogP contribution in [0.4, 0.5) is 17.6 Å². The Bertz CT molecular complexity index is 1440. The molecule has 0 unspecified atom stereocenters. The van der Waals surface area contributed by atoms with Gasteiger partial charge in [-0.2, -0.15) is 9.97 Å². The van der Waals surface area contributed by atoms with Gasteiger partial charge < -0.3 is 22.5 Å². The van der Waals surface area contributed by atoms with E-state index in [0.717, 1.165) is 0 Å². The van der Waals surface area contributed by atoms with Crippen LogP contribution in [-0.4, -0.2) is 25.4 Å². The summed E-state index contributed by atoms with van der Waals surface area (Å²) in [6, 6.07) is 11.3. The fraction of sp³-hybridized carbons (Fsp3) is 0.0500. The average Bonchev–Trinajstić information content (AvgIpc) is 2.75. The lowest BCUT2D eigenvalue weighted by Gasteiger charge is -2.16. The van der Waals surface area contributed by atoms with Crippen LogP contribution in [0.25, 0.3) is 16.6 Å². The third-order valence-electron chi connectivity index (χ3n) is 4.61. The van der Waals surface area contributed by atoms with Crippen molar-refractivity contribution in [1.82, 2.24) is 19.5 Å². The van der Waals surface area contributed by atoms with E-state index in [1.165, 1.54) is 10.6 Å². The van der Waals surface area contributed by atoms with Crippen molar-refractivity contribution in [1.29, 1.82) is 0 Å². The molecule has 0 spiro atoms. The van der Waals surface area contributed by atoms with Gasteiger partial charge >= 0.3 is 0 Å². The summed E-state index contributed by atoms with van der Waals surface area (Å²) in [6.45, 7) is 0.00804. The Morgan fingerprint density at radius 1 is 1.06 bits per heavy atom. The van der Waals surface area contributed by atoms with Gasteiger partial charge in [0.2, 0.25) is 11.9 Å². The van der Waals surface area contributed by atoms with Crippen LogP contribution < -0.4 is 28.1 Å². The van der Waals surface area contributed by atoms with Gasteiger partial charge in [0.15, 0.2) is 5.82 Å². The average molecular weight is 471 g/mol. The Morgan fingerprint density at radius 2 is 1.81 bits per heavy atom. The molecule has 0 fully saturated rings. The highest BCUT2D eigenvalue weighted by Gasteiger charge is 2.17. The number of nitrogens with two attached hydrogens (primary N) is 3. The number of carbonyl (C=O) groups excluding carboxylic acids is 1. The number of primary amides is 1. The number of nitrogens with one attached hydrogen (secondary N) is 1. The number of hydrogen-bond donors (Lipinski definition) is 4. The molecule has 0 bridgehead atoms. The minimum Gasteiger partial charge on any atom is -0.382 e. The van der Waals surface area contributed by atoms with E-state index in [9.17, 15) is 9.59 Å². The molecular weight excluding hydrogens is 455 g/mol. The fourth-order valence-corrected chi connectivity index (χ4v) is 3.58. The molecule has 32 heavy (non-hydrogen) atoms. The first kappa shape index (κ1) is 21.3. The summed E-state index contributed by atoms with van der Waals surface area (Å²) in [5.41, 5.74) is 17.4. The number of halogens is 2. The van der Waals surface area contributed by atoms with Gasteiger partial charge in [0, 0.05) is 5.56 Å². The van der Waals surface area contributed by atoms with Gasteiger partial charge in [-0.25, -0.2) is 4.98 Å². The number of nitrogens with zero attached hydrogens (tertiary/aromatic N) is 4. The molecule has 0 aliphatic rings. The van der Waals surface area contributed by atoms with Gasteiger partial charge in [-0.05, 0) is 30.3 Å². The van der Waals surface area contributed by atoms with Crippen molar-refractivity contribution in [3.8, 4) is 5.69 Å². The summed E-state index contributed by atoms with van der Waals surface area (Å²) in [5, 5.41) is 3.53. The highest BCUT2D eigenvalue weighted by atomic mass is 35.5. The van der Waals surface area contributed by atoms with Gasteiger partial charge in [0.1, 0.15) is 16.7 Å². The van der Waals surface area contributed by atoms with Crippen LogP contribution in [0.5, 0.6) is 0 Å². The molecule has 0 aliphatic heterocycles. The Kier molecular flexibility index (Phi) is 5.56. The van der Waals surface area contributed by atoms with Gasteiger partial charge in [-0.1, -0.05) is 35.3 Å².